The first-order valence-electron chi connectivity index (χ1n) is 11.3. The molecule has 0 saturated carbocycles. The standard InChI is InChI=1S/C25H35NO8/c1-14-9-18(17-6-4-5-16(10-17)11-26-19(12-27)15(2)29)7-8-20(14)33-24-25(3,32)23(31)22(30)21(13-28)34-24/h4-10,15,19,21-24,26-32H,11-13H2,1-3H3. The molecule has 34 heavy (non-hydrogen) atoms. The van der Waals surface area contributed by atoms with Crippen LogP contribution in [0.3, 0.4) is 0 Å². The summed E-state index contributed by atoms with van der Waals surface area (Å²) < 4.78 is 11.4. The van der Waals surface area contributed by atoms with Crippen LogP contribution in [0.4, 0.5) is 0 Å². The first kappa shape index (κ1) is 26.5. The Bertz CT molecular complexity index is 950. The third-order valence-electron chi connectivity index (χ3n) is 6.28. The van der Waals surface area contributed by atoms with E-state index in [9.17, 15) is 30.6 Å². The number of aryl methyl sites for hydroxylation is 1. The van der Waals surface area contributed by atoms with Crippen LogP contribution < -0.4 is 10.1 Å². The van der Waals surface area contributed by atoms with Crippen molar-refractivity contribution in [2.75, 3.05) is 13.2 Å². The molecule has 9 heteroatoms. The topological polar surface area (TPSA) is 152 Å². The maximum absolute atomic E-state index is 10.7. The van der Waals surface area contributed by atoms with Crippen LogP contribution in [-0.2, 0) is 11.3 Å². The van der Waals surface area contributed by atoms with Gasteiger partial charge in [0.2, 0.25) is 6.29 Å². The van der Waals surface area contributed by atoms with Crippen molar-refractivity contribution in [1.29, 1.82) is 0 Å². The highest BCUT2D eigenvalue weighted by Gasteiger charge is 2.53. The fourth-order valence-corrected chi connectivity index (χ4v) is 3.94. The fraction of sp³-hybridized carbons (Fsp3) is 0.520. The van der Waals surface area contributed by atoms with Gasteiger partial charge in [-0.3, -0.25) is 0 Å². The number of nitrogens with one attached hydrogen (secondary N) is 1. The molecule has 2 aromatic carbocycles. The van der Waals surface area contributed by atoms with E-state index >= 15 is 0 Å². The molecule has 0 radical (unpaired) electrons. The van der Waals surface area contributed by atoms with Crippen molar-refractivity contribution < 1.29 is 40.1 Å². The molecule has 9 nitrogen and oxygen atoms in total. The van der Waals surface area contributed by atoms with E-state index in [-0.39, 0.29) is 6.61 Å². The van der Waals surface area contributed by atoms with Gasteiger partial charge >= 0.3 is 0 Å². The monoisotopic (exact) mass is 477 g/mol. The fourth-order valence-electron chi connectivity index (χ4n) is 3.94. The Morgan fingerprint density at radius 2 is 1.82 bits per heavy atom. The summed E-state index contributed by atoms with van der Waals surface area (Å²) in [5.74, 6) is 0.426. The lowest BCUT2D eigenvalue weighted by atomic mass is 9.88. The second kappa shape index (κ2) is 11.1. The molecule has 0 aromatic heterocycles. The molecule has 0 amide bonds. The lowest BCUT2D eigenvalue weighted by Gasteiger charge is -2.45. The van der Waals surface area contributed by atoms with Gasteiger partial charge in [-0.05, 0) is 61.2 Å². The number of aliphatic hydroxyl groups is 6. The van der Waals surface area contributed by atoms with Gasteiger partial charge in [-0.15, -0.1) is 0 Å². The van der Waals surface area contributed by atoms with Crippen LogP contribution in [-0.4, -0.2) is 86.2 Å². The van der Waals surface area contributed by atoms with Crippen LogP contribution in [0.2, 0.25) is 0 Å². The zero-order valence-electron chi connectivity index (χ0n) is 19.6. The van der Waals surface area contributed by atoms with Crippen molar-refractivity contribution in [3.63, 3.8) is 0 Å². The molecule has 1 saturated heterocycles. The normalized spacial score (nSPS) is 29.0. The molecule has 0 spiro atoms. The predicted octanol–water partition coefficient (Wildman–Crippen LogP) is 0.0621. The van der Waals surface area contributed by atoms with Crippen LogP contribution >= 0.6 is 0 Å². The predicted molar refractivity (Wildman–Crippen MR) is 125 cm³/mol. The Labute approximate surface area is 199 Å². The number of aliphatic hydroxyl groups excluding tert-OH is 5. The van der Waals surface area contributed by atoms with Gasteiger partial charge < -0.3 is 45.4 Å². The minimum absolute atomic E-state index is 0.162. The van der Waals surface area contributed by atoms with Crippen molar-refractivity contribution in [3.05, 3.63) is 53.6 Å². The van der Waals surface area contributed by atoms with Gasteiger partial charge in [0.15, 0.2) is 5.60 Å². The summed E-state index contributed by atoms with van der Waals surface area (Å²) in [5, 5.41) is 62.6. The minimum atomic E-state index is -1.89. The van der Waals surface area contributed by atoms with Crippen LogP contribution in [0.5, 0.6) is 5.75 Å². The molecule has 0 bridgehead atoms. The smallest absolute Gasteiger partial charge is 0.231 e. The first-order chi connectivity index (χ1) is 16.1. The number of benzene rings is 2. The zero-order chi connectivity index (χ0) is 25.0. The minimum Gasteiger partial charge on any atom is -0.461 e. The molecule has 188 valence electrons. The molecule has 1 heterocycles. The summed E-state index contributed by atoms with van der Waals surface area (Å²) in [7, 11) is 0. The number of hydrogen-bond donors (Lipinski definition) is 7. The largest absolute Gasteiger partial charge is 0.461 e. The highest BCUT2D eigenvalue weighted by molar-refractivity contribution is 5.66. The van der Waals surface area contributed by atoms with E-state index in [4.69, 9.17) is 9.47 Å². The van der Waals surface area contributed by atoms with Gasteiger partial charge in [0.25, 0.3) is 0 Å². The molecule has 7 atom stereocenters. The van der Waals surface area contributed by atoms with Crippen molar-refractivity contribution in [1.82, 2.24) is 5.32 Å². The van der Waals surface area contributed by atoms with Gasteiger partial charge in [0.05, 0.1) is 25.4 Å². The molecule has 2 aromatic rings. The SMILES string of the molecule is Cc1cc(-c2cccc(CNC(CO)C(C)O)c2)ccc1OC1OC(CO)C(O)C(O)C1(C)O. The second-order valence-corrected chi connectivity index (χ2v) is 9.06. The van der Waals surface area contributed by atoms with Crippen molar-refractivity contribution in [3.8, 4) is 16.9 Å². The first-order valence-corrected chi connectivity index (χ1v) is 11.3. The van der Waals surface area contributed by atoms with Gasteiger partial charge in [-0.1, -0.05) is 24.3 Å². The van der Waals surface area contributed by atoms with E-state index < -0.39 is 49.0 Å². The van der Waals surface area contributed by atoms with E-state index in [0.717, 1.165) is 22.3 Å². The van der Waals surface area contributed by atoms with Crippen molar-refractivity contribution in [2.45, 2.75) is 69.7 Å². The molecule has 1 fully saturated rings. The van der Waals surface area contributed by atoms with Gasteiger partial charge in [0, 0.05) is 6.54 Å². The Morgan fingerprint density at radius 1 is 1.12 bits per heavy atom. The average molecular weight is 478 g/mol. The maximum Gasteiger partial charge on any atom is 0.231 e. The molecule has 3 rings (SSSR count). The summed E-state index contributed by atoms with van der Waals surface area (Å²) >= 11 is 0. The van der Waals surface area contributed by atoms with E-state index in [1.54, 1.807) is 13.0 Å². The Morgan fingerprint density at radius 3 is 2.44 bits per heavy atom. The highest BCUT2D eigenvalue weighted by atomic mass is 16.7. The van der Waals surface area contributed by atoms with Crippen LogP contribution in [0.25, 0.3) is 11.1 Å². The Hall–Kier alpha value is -2.08. The Kier molecular flexibility index (Phi) is 8.66. The summed E-state index contributed by atoms with van der Waals surface area (Å²) in [4.78, 5) is 0. The van der Waals surface area contributed by atoms with E-state index in [1.807, 2.05) is 43.3 Å². The van der Waals surface area contributed by atoms with Gasteiger partial charge in [-0.2, -0.15) is 0 Å². The molecule has 1 aliphatic heterocycles. The average Bonchev–Trinajstić information content (AvgIpc) is 2.81. The molecule has 0 aliphatic carbocycles. The molecule has 7 N–H and O–H groups in total. The molecule has 1 aliphatic rings. The second-order valence-electron chi connectivity index (χ2n) is 9.06. The summed E-state index contributed by atoms with van der Waals surface area (Å²) in [6, 6.07) is 13.0. The zero-order valence-corrected chi connectivity index (χ0v) is 19.6. The molecular weight excluding hydrogens is 442 g/mol. The van der Waals surface area contributed by atoms with Gasteiger partial charge in [0.1, 0.15) is 24.1 Å². The van der Waals surface area contributed by atoms with Gasteiger partial charge in [-0.25, -0.2) is 0 Å². The van der Waals surface area contributed by atoms with Crippen molar-refractivity contribution in [2.24, 2.45) is 0 Å². The summed E-state index contributed by atoms with van der Waals surface area (Å²) in [5.41, 5.74) is 1.75. The molecule has 7 unspecified atom stereocenters. The number of hydrogen-bond acceptors (Lipinski definition) is 9. The maximum atomic E-state index is 10.7. The highest BCUT2D eigenvalue weighted by Crippen LogP contribution is 2.34. The molecular formula is C25H35NO8. The number of ether oxygens (including phenoxy) is 2. The van der Waals surface area contributed by atoms with E-state index in [0.29, 0.717) is 12.3 Å². The third-order valence-corrected chi connectivity index (χ3v) is 6.28. The van der Waals surface area contributed by atoms with Crippen LogP contribution in [0.15, 0.2) is 42.5 Å². The van der Waals surface area contributed by atoms with Crippen LogP contribution in [0, 0.1) is 6.92 Å². The number of rotatable bonds is 9. The summed E-state index contributed by atoms with van der Waals surface area (Å²) in [6.45, 7) is 4.56. The Balaban J connectivity index is 1.75. The van der Waals surface area contributed by atoms with Crippen molar-refractivity contribution >= 4 is 0 Å². The summed E-state index contributed by atoms with van der Waals surface area (Å²) in [6.07, 6.45) is -6.06. The lowest BCUT2D eigenvalue weighted by molar-refractivity contribution is -0.314. The third kappa shape index (κ3) is 5.76. The van der Waals surface area contributed by atoms with E-state index in [2.05, 4.69) is 5.32 Å². The quantitative estimate of drug-likeness (QED) is 0.266. The van der Waals surface area contributed by atoms with Crippen LogP contribution in [0.1, 0.15) is 25.0 Å². The lowest BCUT2D eigenvalue weighted by Crippen LogP contribution is -2.66. The van der Waals surface area contributed by atoms with E-state index in [1.165, 1.54) is 6.92 Å².